The number of aryl methyl sites for hydroxylation is 1. The Kier molecular flexibility index (Phi) is 4.39. The molecule has 0 N–H and O–H groups in total. The van der Waals surface area contributed by atoms with Gasteiger partial charge in [-0.3, -0.25) is 0 Å². The number of methoxy groups -OCH3 is 1. The lowest BCUT2D eigenvalue weighted by atomic mass is 10.2. The van der Waals surface area contributed by atoms with Crippen LogP contribution in [0.1, 0.15) is 17.5 Å². The third kappa shape index (κ3) is 2.82. The molecule has 1 aromatic carbocycles. The first-order valence-corrected chi connectivity index (χ1v) is 6.78. The largest absolute Gasteiger partial charge is 0.497 e. The van der Waals surface area contributed by atoms with E-state index in [2.05, 4.69) is 26.0 Å². The SMILES string of the molecule is CCOC(=O)c1nc(-c2cc(OC)ccc2Br)n(C)n1. The van der Waals surface area contributed by atoms with Gasteiger partial charge >= 0.3 is 5.97 Å². The van der Waals surface area contributed by atoms with E-state index in [1.165, 1.54) is 4.68 Å². The quantitative estimate of drug-likeness (QED) is 0.800. The predicted molar refractivity (Wildman–Crippen MR) is 76.6 cm³/mol. The van der Waals surface area contributed by atoms with Crippen molar-refractivity contribution in [1.29, 1.82) is 0 Å². The van der Waals surface area contributed by atoms with Crippen LogP contribution in [0, 0.1) is 0 Å². The number of esters is 1. The maximum absolute atomic E-state index is 11.7. The number of hydrogen-bond acceptors (Lipinski definition) is 5. The van der Waals surface area contributed by atoms with E-state index < -0.39 is 5.97 Å². The lowest BCUT2D eigenvalue weighted by Crippen LogP contribution is -2.07. The number of carbonyl (C=O) groups excluding carboxylic acids is 1. The molecule has 2 aromatic rings. The summed E-state index contributed by atoms with van der Waals surface area (Å²) in [6.07, 6.45) is 0. The molecule has 0 radical (unpaired) electrons. The highest BCUT2D eigenvalue weighted by Crippen LogP contribution is 2.30. The second-order valence-corrected chi connectivity index (χ2v) is 4.80. The van der Waals surface area contributed by atoms with Crippen LogP contribution < -0.4 is 4.74 Å². The van der Waals surface area contributed by atoms with Crippen molar-refractivity contribution in [2.24, 2.45) is 7.05 Å². The zero-order valence-electron chi connectivity index (χ0n) is 11.4. The minimum absolute atomic E-state index is 0.0408. The van der Waals surface area contributed by atoms with Crippen LogP contribution in [0.25, 0.3) is 11.4 Å². The minimum atomic E-state index is -0.534. The van der Waals surface area contributed by atoms with E-state index in [4.69, 9.17) is 9.47 Å². The molecule has 0 amide bonds. The van der Waals surface area contributed by atoms with Gasteiger partial charge in [0.15, 0.2) is 5.82 Å². The molecule has 0 aliphatic rings. The van der Waals surface area contributed by atoms with Crippen LogP contribution in [0.15, 0.2) is 22.7 Å². The Bertz CT molecular complexity index is 640. The fraction of sp³-hybridized carbons (Fsp3) is 0.308. The van der Waals surface area contributed by atoms with E-state index in [0.29, 0.717) is 11.6 Å². The summed E-state index contributed by atoms with van der Waals surface area (Å²) in [6.45, 7) is 2.02. The number of nitrogens with zero attached hydrogens (tertiary/aromatic N) is 3. The number of aromatic nitrogens is 3. The summed E-state index contributed by atoms with van der Waals surface area (Å²) in [6, 6.07) is 5.51. The molecule has 0 unspecified atom stereocenters. The molecule has 0 atom stereocenters. The summed E-state index contributed by atoms with van der Waals surface area (Å²) in [5.41, 5.74) is 0.787. The number of benzene rings is 1. The molecule has 0 spiro atoms. The van der Waals surface area contributed by atoms with Gasteiger partial charge in [-0.25, -0.2) is 14.5 Å². The normalized spacial score (nSPS) is 10.4. The first-order valence-electron chi connectivity index (χ1n) is 5.99. The van der Waals surface area contributed by atoms with E-state index in [1.54, 1.807) is 21.1 Å². The fourth-order valence-electron chi connectivity index (χ4n) is 1.70. The molecule has 0 fully saturated rings. The molecular formula is C13H14BrN3O3. The molecule has 106 valence electrons. The number of halogens is 1. The Labute approximate surface area is 124 Å². The third-order valence-corrected chi connectivity index (χ3v) is 3.33. The van der Waals surface area contributed by atoms with E-state index in [1.807, 2.05) is 18.2 Å². The van der Waals surface area contributed by atoms with Gasteiger partial charge in [-0.05, 0) is 25.1 Å². The zero-order chi connectivity index (χ0) is 14.7. The lowest BCUT2D eigenvalue weighted by Gasteiger charge is -2.06. The highest BCUT2D eigenvalue weighted by molar-refractivity contribution is 9.10. The van der Waals surface area contributed by atoms with Gasteiger partial charge in [0.25, 0.3) is 5.82 Å². The van der Waals surface area contributed by atoms with Gasteiger partial charge in [-0.1, -0.05) is 15.9 Å². The van der Waals surface area contributed by atoms with Crippen LogP contribution in [0.5, 0.6) is 5.75 Å². The lowest BCUT2D eigenvalue weighted by molar-refractivity contribution is 0.0512. The molecule has 6 nitrogen and oxygen atoms in total. The van der Waals surface area contributed by atoms with Gasteiger partial charge < -0.3 is 9.47 Å². The number of rotatable bonds is 4. The van der Waals surface area contributed by atoms with Crippen LogP contribution in [0.3, 0.4) is 0 Å². The third-order valence-electron chi connectivity index (χ3n) is 2.64. The van der Waals surface area contributed by atoms with E-state index in [-0.39, 0.29) is 12.4 Å². The standard InChI is InChI=1S/C13H14BrN3O3/c1-4-20-13(18)11-15-12(17(2)16-11)9-7-8(19-3)5-6-10(9)14/h5-7H,4H2,1-3H3. The van der Waals surface area contributed by atoms with Gasteiger partial charge in [0, 0.05) is 17.1 Å². The van der Waals surface area contributed by atoms with Gasteiger partial charge in [0.05, 0.1) is 13.7 Å². The number of ether oxygens (including phenoxy) is 2. The van der Waals surface area contributed by atoms with Crippen molar-refractivity contribution in [1.82, 2.24) is 14.8 Å². The second-order valence-electron chi connectivity index (χ2n) is 3.95. The second kappa shape index (κ2) is 6.04. The van der Waals surface area contributed by atoms with Crippen LogP contribution in [0.2, 0.25) is 0 Å². The van der Waals surface area contributed by atoms with Crippen LogP contribution in [0.4, 0.5) is 0 Å². The van der Waals surface area contributed by atoms with E-state index in [9.17, 15) is 4.79 Å². The van der Waals surface area contributed by atoms with Gasteiger partial charge in [-0.2, -0.15) is 0 Å². The number of carbonyl (C=O) groups is 1. The zero-order valence-corrected chi connectivity index (χ0v) is 13.0. The first-order chi connectivity index (χ1) is 9.56. The van der Waals surface area contributed by atoms with Crippen LogP contribution in [-0.4, -0.2) is 34.5 Å². The highest BCUT2D eigenvalue weighted by atomic mass is 79.9. The summed E-state index contributed by atoms with van der Waals surface area (Å²) in [5.74, 6) is 0.759. The Morgan fingerprint density at radius 1 is 1.45 bits per heavy atom. The average molecular weight is 340 g/mol. The van der Waals surface area contributed by atoms with Gasteiger partial charge in [-0.15, -0.1) is 5.10 Å². The molecule has 1 heterocycles. The summed E-state index contributed by atoms with van der Waals surface area (Å²) < 4.78 is 12.5. The summed E-state index contributed by atoms with van der Waals surface area (Å²) in [7, 11) is 3.31. The fourth-order valence-corrected chi connectivity index (χ4v) is 2.13. The predicted octanol–water partition coefficient (Wildman–Crippen LogP) is 2.43. The molecule has 7 heteroatoms. The summed E-state index contributed by atoms with van der Waals surface area (Å²) >= 11 is 3.45. The maximum Gasteiger partial charge on any atom is 0.378 e. The van der Waals surface area contributed by atoms with Crippen molar-refractivity contribution in [3.8, 4) is 17.1 Å². The maximum atomic E-state index is 11.7. The Balaban J connectivity index is 2.45. The van der Waals surface area contributed by atoms with Crippen molar-refractivity contribution in [3.05, 3.63) is 28.5 Å². The number of hydrogen-bond donors (Lipinski definition) is 0. The summed E-state index contributed by atoms with van der Waals surface area (Å²) in [4.78, 5) is 15.9. The average Bonchev–Trinajstić information content (AvgIpc) is 2.82. The van der Waals surface area contributed by atoms with Crippen molar-refractivity contribution in [2.75, 3.05) is 13.7 Å². The molecule has 0 aliphatic heterocycles. The smallest absolute Gasteiger partial charge is 0.378 e. The molecule has 0 saturated heterocycles. The van der Waals surface area contributed by atoms with Gasteiger partial charge in [0.1, 0.15) is 5.75 Å². The summed E-state index contributed by atoms with van der Waals surface area (Å²) in [5, 5.41) is 4.07. The molecule has 0 bridgehead atoms. The Hall–Kier alpha value is -1.89. The monoisotopic (exact) mass is 339 g/mol. The van der Waals surface area contributed by atoms with Gasteiger partial charge in [0.2, 0.25) is 0 Å². The highest BCUT2D eigenvalue weighted by Gasteiger charge is 2.18. The van der Waals surface area contributed by atoms with Crippen molar-refractivity contribution in [2.45, 2.75) is 6.92 Å². The molecule has 0 saturated carbocycles. The molecule has 20 heavy (non-hydrogen) atoms. The van der Waals surface area contributed by atoms with Crippen molar-refractivity contribution in [3.63, 3.8) is 0 Å². The van der Waals surface area contributed by atoms with E-state index in [0.717, 1.165) is 10.0 Å². The molecular weight excluding hydrogens is 326 g/mol. The molecule has 1 aromatic heterocycles. The Morgan fingerprint density at radius 2 is 2.20 bits per heavy atom. The first kappa shape index (κ1) is 14.5. The molecule has 0 aliphatic carbocycles. The minimum Gasteiger partial charge on any atom is -0.497 e. The van der Waals surface area contributed by atoms with E-state index >= 15 is 0 Å². The molecule has 2 rings (SSSR count). The van der Waals surface area contributed by atoms with Crippen molar-refractivity contribution < 1.29 is 14.3 Å². The van der Waals surface area contributed by atoms with Crippen molar-refractivity contribution >= 4 is 21.9 Å². The Morgan fingerprint density at radius 3 is 2.85 bits per heavy atom. The van der Waals surface area contributed by atoms with Crippen LogP contribution in [-0.2, 0) is 11.8 Å². The van der Waals surface area contributed by atoms with Crippen LogP contribution >= 0.6 is 15.9 Å². The topological polar surface area (TPSA) is 66.2 Å².